The van der Waals surface area contributed by atoms with Crippen LogP contribution in [0.15, 0.2) is 65.7 Å². The van der Waals surface area contributed by atoms with Gasteiger partial charge in [-0.25, -0.2) is 0 Å². The van der Waals surface area contributed by atoms with Gasteiger partial charge in [-0.15, -0.1) is 0 Å². The summed E-state index contributed by atoms with van der Waals surface area (Å²) < 4.78 is 11.5. The van der Waals surface area contributed by atoms with Crippen molar-refractivity contribution >= 4 is 19.6 Å². The quantitative estimate of drug-likeness (QED) is 0.159. The van der Waals surface area contributed by atoms with E-state index < -0.39 is 0 Å². The molecule has 3 aromatic carbocycles. The first-order valence-corrected chi connectivity index (χ1v) is 13.5. The molecule has 0 heterocycles. The molecule has 0 spiro atoms. The van der Waals surface area contributed by atoms with Gasteiger partial charge in [-0.1, -0.05) is 95.1 Å². The van der Waals surface area contributed by atoms with Gasteiger partial charge in [-0.05, 0) is 50.0 Å². The Kier molecular flexibility index (Phi) is 9.66. The zero-order valence-corrected chi connectivity index (χ0v) is 23.4. The Hall–Kier alpha value is -2.48. The molecule has 0 aromatic heterocycles. The molecule has 0 amide bonds. The Labute approximate surface area is 213 Å². The first-order chi connectivity index (χ1) is 16.9. The van der Waals surface area contributed by atoms with Crippen LogP contribution >= 0.6 is 8.58 Å². The van der Waals surface area contributed by atoms with E-state index in [0.29, 0.717) is 8.58 Å². The molecule has 2 unspecified atom stereocenters. The maximum atomic E-state index is 6.22. The van der Waals surface area contributed by atoms with Crippen molar-refractivity contribution < 1.29 is 9.47 Å². The van der Waals surface area contributed by atoms with Crippen LogP contribution in [-0.4, -0.2) is 26.7 Å². The maximum absolute atomic E-state index is 6.22. The fraction of sp³-hybridized carbons (Fsp3) is 0.387. The lowest BCUT2D eigenvalue weighted by Gasteiger charge is -2.37. The summed E-state index contributed by atoms with van der Waals surface area (Å²) in [6.07, 6.45) is 3.22. The van der Waals surface area contributed by atoms with Gasteiger partial charge in [0.25, 0.3) is 0 Å². The second-order valence-electron chi connectivity index (χ2n) is 9.26. The predicted molar refractivity (Wildman–Crippen MR) is 152 cm³/mol. The molecule has 35 heavy (non-hydrogen) atoms. The SMILES string of the molecule is CCCC(CC)(Pc1c(C)cccc1/C(=N/C)c1ccccc1)c1cc(C)cc(C)c1OCOC. The maximum Gasteiger partial charge on any atom is 0.188 e. The van der Waals surface area contributed by atoms with Crippen molar-refractivity contribution in [3.63, 3.8) is 0 Å². The summed E-state index contributed by atoms with van der Waals surface area (Å²) in [5.74, 6) is 0.975. The molecule has 0 N–H and O–H groups in total. The Morgan fingerprint density at radius 1 is 0.943 bits per heavy atom. The van der Waals surface area contributed by atoms with E-state index in [2.05, 4.69) is 95.3 Å². The summed E-state index contributed by atoms with van der Waals surface area (Å²) in [6, 6.07) is 21.7. The number of hydrogen-bond donors (Lipinski definition) is 0. The van der Waals surface area contributed by atoms with E-state index in [1.807, 2.05) is 7.05 Å². The molecule has 0 fully saturated rings. The molecule has 2 atom stereocenters. The average Bonchev–Trinajstić information content (AvgIpc) is 2.85. The van der Waals surface area contributed by atoms with Gasteiger partial charge >= 0.3 is 0 Å². The third-order valence-electron chi connectivity index (χ3n) is 6.70. The van der Waals surface area contributed by atoms with Gasteiger partial charge in [0.15, 0.2) is 6.79 Å². The van der Waals surface area contributed by atoms with Crippen LogP contribution in [0.3, 0.4) is 0 Å². The van der Waals surface area contributed by atoms with Crippen molar-refractivity contribution in [3.8, 4) is 5.75 Å². The highest BCUT2D eigenvalue weighted by atomic mass is 31.1. The largest absolute Gasteiger partial charge is 0.467 e. The van der Waals surface area contributed by atoms with E-state index in [1.165, 1.54) is 33.1 Å². The molecule has 0 aliphatic heterocycles. The Balaban J connectivity index is 2.22. The van der Waals surface area contributed by atoms with E-state index in [4.69, 9.17) is 14.5 Å². The van der Waals surface area contributed by atoms with Crippen LogP contribution in [-0.2, 0) is 9.89 Å². The molecule has 0 aliphatic carbocycles. The smallest absolute Gasteiger partial charge is 0.188 e. The second kappa shape index (κ2) is 12.5. The number of benzene rings is 3. The highest BCUT2D eigenvalue weighted by Crippen LogP contribution is 2.52. The molecule has 0 aliphatic rings. The molecule has 0 saturated carbocycles. The number of rotatable bonds is 11. The normalized spacial score (nSPS) is 13.9. The van der Waals surface area contributed by atoms with Crippen molar-refractivity contribution in [1.82, 2.24) is 0 Å². The number of ether oxygens (including phenoxy) is 2. The van der Waals surface area contributed by atoms with Crippen LogP contribution in [0.5, 0.6) is 5.75 Å². The zero-order chi connectivity index (χ0) is 25.4. The van der Waals surface area contributed by atoms with E-state index in [9.17, 15) is 0 Å². The first-order valence-electron chi connectivity index (χ1n) is 12.5. The third-order valence-corrected chi connectivity index (χ3v) is 8.96. The molecule has 3 aromatic rings. The summed E-state index contributed by atoms with van der Waals surface area (Å²) >= 11 is 0. The van der Waals surface area contributed by atoms with Crippen molar-refractivity contribution in [2.45, 2.75) is 59.0 Å². The summed E-state index contributed by atoms with van der Waals surface area (Å²) in [5, 5.41) is 1.36. The average molecular weight is 490 g/mol. The van der Waals surface area contributed by atoms with Crippen LogP contribution in [0.4, 0.5) is 0 Å². The predicted octanol–water partition coefficient (Wildman–Crippen LogP) is 7.47. The van der Waals surface area contributed by atoms with Crippen molar-refractivity contribution in [2.24, 2.45) is 4.99 Å². The fourth-order valence-electron chi connectivity index (χ4n) is 5.04. The number of aliphatic imine (C=N–C) groups is 1. The summed E-state index contributed by atoms with van der Waals surface area (Å²) in [4.78, 5) is 4.77. The summed E-state index contributed by atoms with van der Waals surface area (Å²) in [5.41, 5.74) is 8.49. The zero-order valence-electron chi connectivity index (χ0n) is 22.4. The van der Waals surface area contributed by atoms with Crippen molar-refractivity contribution in [2.75, 3.05) is 21.0 Å². The Morgan fingerprint density at radius 3 is 2.31 bits per heavy atom. The van der Waals surface area contributed by atoms with Crippen LogP contribution in [0.2, 0.25) is 0 Å². The highest BCUT2D eigenvalue weighted by molar-refractivity contribution is 7.49. The topological polar surface area (TPSA) is 30.8 Å². The summed E-state index contributed by atoms with van der Waals surface area (Å²) in [7, 11) is 4.16. The van der Waals surface area contributed by atoms with Gasteiger partial charge in [0.1, 0.15) is 5.75 Å². The molecule has 0 radical (unpaired) electrons. The number of hydrogen-bond acceptors (Lipinski definition) is 3. The molecular weight excluding hydrogens is 449 g/mol. The number of methoxy groups -OCH3 is 1. The molecule has 3 nitrogen and oxygen atoms in total. The summed E-state index contributed by atoms with van der Waals surface area (Å²) in [6.45, 7) is 11.4. The van der Waals surface area contributed by atoms with Gasteiger partial charge in [-0.2, -0.15) is 0 Å². The van der Waals surface area contributed by atoms with Gasteiger partial charge in [-0.3, -0.25) is 4.99 Å². The van der Waals surface area contributed by atoms with Crippen LogP contribution in [0.25, 0.3) is 0 Å². The van der Waals surface area contributed by atoms with Crippen LogP contribution in [0, 0.1) is 20.8 Å². The molecule has 4 heteroatoms. The molecule has 3 rings (SSSR count). The highest BCUT2D eigenvalue weighted by Gasteiger charge is 2.35. The van der Waals surface area contributed by atoms with Gasteiger partial charge in [0, 0.05) is 36.0 Å². The standard InChI is InChI=1S/C31H40NO2P/c1-8-18-31(9-2,27-20-22(3)19-24(5)29(27)34-21-33-7)35-30-23(4)14-13-17-26(30)28(32-6)25-15-11-10-12-16-25/h10-17,19-20,35H,8-9,18,21H2,1-7H3/b32-28+. The third kappa shape index (κ3) is 6.02. The van der Waals surface area contributed by atoms with Gasteiger partial charge < -0.3 is 9.47 Å². The number of nitrogens with zero attached hydrogens (tertiary/aromatic N) is 1. The minimum Gasteiger partial charge on any atom is -0.467 e. The Bertz CT molecular complexity index is 1160. The van der Waals surface area contributed by atoms with E-state index >= 15 is 0 Å². The van der Waals surface area contributed by atoms with Gasteiger partial charge in [0.05, 0.1) is 5.71 Å². The molecule has 186 valence electrons. The van der Waals surface area contributed by atoms with E-state index in [-0.39, 0.29) is 11.9 Å². The first kappa shape index (κ1) is 27.1. The number of aryl methyl sites for hydroxylation is 3. The second-order valence-corrected chi connectivity index (χ2v) is 11.0. The lowest BCUT2D eigenvalue weighted by atomic mass is 9.87. The van der Waals surface area contributed by atoms with Gasteiger partial charge in [0.2, 0.25) is 0 Å². The molecule has 0 bridgehead atoms. The Morgan fingerprint density at radius 2 is 1.69 bits per heavy atom. The van der Waals surface area contributed by atoms with E-state index in [1.54, 1.807) is 7.11 Å². The van der Waals surface area contributed by atoms with Crippen molar-refractivity contribution in [1.29, 1.82) is 0 Å². The molecular formula is C31H40NO2P. The van der Waals surface area contributed by atoms with E-state index in [0.717, 1.165) is 36.3 Å². The minimum absolute atomic E-state index is 0.0367. The molecule has 0 saturated heterocycles. The van der Waals surface area contributed by atoms with Crippen LogP contribution < -0.4 is 10.0 Å². The lowest BCUT2D eigenvalue weighted by molar-refractivity contribution is 0.0494. The fourth-order valence-corrected chi connectivity index (χ4v) is 7.01. The minimum atomic E-state index is -0.0367. The van der Waals surface area contributed by atoms with Crippen molar-refractivity contribution in [3.05, 3.63) is 94.0 Å². The lowest BCUT2D eigenvalue weighted by Crippen LogP contribution is -2.27. The van der Waals surface area contributed by atoms with Crippen LogP contribution in [0.1, 0.15) is 66.5 Å². The monoisotopic (exact) mass is 489 g/mol.